The number of aliphatic carboxylic acids is 1. The summed E-state index contributed by atoms with van der Waals surface area (Å²) in [6.07, 6.45) is 1.10. The number of para-hydroxylation sites is 1. The highest BCUT2D eigenvalue weighted by Gasteiger charge is 2.37. The van der Waals surface area contributed by atoms with Crippen LogP contribution in [-0.2, 0) is 4.79 Å². The number of anilines is 1. The van der Waals surface area contributed by atoms with E-state index in [1.165, 1.54) is 6.07 Å². The van der Waals surface area contributed by atoms with Gasteiger partial charge in [0.1, 0.15) is 5.82 Å². The van der Waals surface area contributed by atoms with Gasteiger partial charge in [-0.25, -0.2) is 4.39 Å². The van der Waals surface area contributed by atoms with Gasteiger partial charge in [0.15, 0.2) is 0 Å². The summed E-state index contributed by atoms with van der Waals surface area (Å²) in [7, 11) is 0. The first-order valence-electron chi connectivity index (χ1n) is 5.76. The second kappa shape index (κ2) is 4.35. The number of carbonyl (C=O) groups is 1. The lowest BCUT2D eigenvalue weighted by atomic mass is 9.80. The minimum Gasteiger partial charge on any atom is -0.481 e. The van der Waals surface area contributed by atoms with Crippen molar-refractivity contribution in [1.82, 2.24) is 0 Å². The van der Waals surface area contributed by atoms with Crippen LogP contribution in [0.5, 0.6) is 0 Å². The van der Waals surface area contributed by atoms with Gasteiger partial charge in [-0.2, -0.15) is 0 Å². The lowest BCUT2D eigenvalue weighted by Crippen LogP contribution is -2.43. The van der Waals surface area contributed by atoms with E-state index in [9.17, 15) is 9.18 Å². The molecule has 1 N–H and O–H groups in total. The first-order chi connectivity index (χ1) is 8.03. The molecule has 0 aliphatic carbocycles. The molecule has 2 rings (SSSR count). The maximum atomic E-state index is 13.6. The molecule has 4 heteroatoms. The molecule has 0 unspecified atom stereocenters. The number of carboxylic acid groups (broad SMARTS) is 1. The van der Waals surface area contributed by atoms with Gasteiger partial charge in [-0.3, -0.25) is 4.79 Å². The van der Waals surface area contributed by atoms with Crippen molar-refractivity contribution in [3.63, 3.8) is 0 Å². The van der Waals surface area contributed by atoms with E-state index in [1.807, 2.05) is 4.90 Å². The minimum absolute atomic E-state index is 0.244. The lowest BCUT2D eigenvalue weighted by Gasteiger charge is -2.37. The van der Waals surface area contributed by atoms with Crippen LogP contribution in [0.2, 0.25) is 0 Å². The number of piperidine rings is 1. The normalized spacial score (nSPS) is 19.1. The standard InChI is InChI=1S/C13H16FNO2/c1-13(12(16)17)6-8-15(9-7-13)11-5-3-2-4-10(11)14/h2-5H,6-9H2,1H3,(H,16,17). The quantitative estimate of drug-likeness (QED) is 0.859. The van der Waals surface area contributed by atoms with Gasteiger partial charge in [0.2, 0.25) is 0 Å². The van der Waals surface area contributed by atoms with Gasteiger partial charge in [0, 0.05) is 13.1 Å². The molecule has 17 heavy (non-hydrogen) atoms. The molecule has 0 aromatic heterocycles. The summed E-state index contributed by atoms with van der Waals surface area (Å²) < 4.78 is 13.6. The number of hydrogen-bond donors (Lipinski definition) is 1. The molecule has 0 radical (unpaired) electrons. The van der Waals surface area contributed by atoms with Crippen LogP contribution >= 0.6 is 0 Å². The van der Waals surface area contributed by atoms with Crippen LogP contribution in [0.25, 0.3) is 0 Å². The molecule has 1 aromatic rings. The van der Waals surface area contributed by atoms with Crippen molar-refractivity contribution in [3.8, 4) is 0 Å². The molecule has 1 aromatic carbocycles. The zero-order chi connectivity index (χ0) is 12.5. The van der Waals surface area contributed by atoms with Crippen molar-refractivity contribution in [2.24, 2.45) is 5.41 Å². The van der Waals surface area contributed by atoms with Crippen molar-refractivity contribution < 1.29 is 14.3 Å². The van der Waals surface area contributed by atoms with Crippen LogP contribution in [0.15, 0.2) is 24.3 Å². The number of nitrogens with zero attached hydrogens (tertiary/aromatic N) is 1. The molecular formula is C13H16FNO2. The van der Waals surface area contributed by atoms with Crippen molar-refractivity contribution in [2.75, 3.05) is 18.0 Å². The number of rotatable bonds is 2. The largest absolute Gasteiger partial charge is 0.481 e. The fourth-order valence-corrected chi connectivity index (χ4v) is 2.16. The van der Waals surface area contributed by atoms with E-state index in [1.54, 1.807) is 25.1 Å². The second-order valence-electron chi connectivity index (χ2n) is 4.80. The maximum absolute atomic E-state index is 13.6. The third-order valence-corrected chi connectivity index (χ3v) is 3.58. The highest BCUT2D eigenvalue weighted by atomic mass is 19.1. The van der Waals surface area contributed by atoms with E-state index in [0.29, 0.717) is 31.6 Å². The van der Waals surface area contributed by atoms with E-state index in [4.69, 9.17) is 5.11 Å². The smallest absolute Gasteiger partial charge is 0.309 e. The Kier molecular flexibility index (Phi) is 3.05. The van der Waals surface area contributed by atoms with E-state index in [2.05, 4.69) is 0 Å². The molecule has 0 atom stereocenters. The van der Waals surface area contributed by atoms with Crippen LogP contribution < -0.4 is 4.90 Å². The highest BCUT2D eigenvalue weighted by molar-refractivity contribution is 5.74. The molecular weight excluding hydrogens is 221 g/mol. The summed E-state index contributed by atoms with van der Waals surface area (Å²) in [5.41, 5.74) is -0.0955. The third kappa shape index (κ3) is 2.25. The predicted octanol–water partition coefficient (Wildman–Crippen LogP) is 2.52. The topological polar surface area (TPSA) is 40.5 Å². The van der Waals surface area contributed by atoms with Crippen LogP contribution in [-0.4, -0.2) is 24.2 Å². The fraction of sp³-hybridized carbons (Fsp3) is 0.462. The molecule has 0 amide bonds. The average Bonchev–Trinajstić information content (AvgIpc) is 2.31. The lowest BCUT2D eigenvalue weighted by molar-refractivity contribution is -0.149. The molecule has 1 aliphatic heterocycles. The number of halogens is 1. The molecule has 1 heterocycles. The number of benzene rings is 1. The second-order valence-corrected chi connectivity index (χ2v) is 4.80. The van der Waals surface area contributed by atoms with E-state index < -0.39 is 11.4 Å². The first-order valence-corrected chi connectivity index (χ1v) is 5.76. The van der Waals surface area contributed by atoms with Crippen LogP contribution in [0.3, 0.4) is 0 Å². The van der Waals surface area contributed by atoms with E-state index >= 15 is 0 Å². The first kappa shape index (κ1) is 11.9. The Morgan fingerprint density at radius 2 is 1.94 bits per heavy atom. The van der Waals surface area contributed by atoms with Gasteiger partial charge in [-0.1, -0.05) is 12.1 Å². The van der Waals surface area contributed by atoms with Gasteiger partial charge >= 0.3 is 5.97 Å². The molecule has 1 fully saturated rings. The molecule has 0 spiro atoms. The summed E-state index contributed by atoms with van der Waals surface area (Å²) in [6.45, 7) is 2.93. The van der Waals surface area contributed by atoms with Crippen molar-refractivity contribution in [1.29, 1.82) is 0 Å². The molecule has 0 saturated carbocycles. The Morgan fingerprint density at radius 1 is 1.35 bits per heavy atom. The Hall–Kier alpha value is -1.58. The van der Waals surface area contributed by atoms with E-state index in [-0.39, 0.29) is 5.82 Å². The maximum Gasteiger partial charge on any atom is 0.309 e. The minimum atomic E-state index is -0.759. The zero-order valence-electron chi connectivity index (χ0n) is 9.82. The third-order valence-electron chi connectivity index (χ3n) is 3.58. The SMILES string of the molecule is CC1(C(=O)O)CCN(c2ccccc2F)CC1. The van der Waals surface area contributed by atoms with Crippen molar-refractivity contribution in [3.05, 3.63) is 30.1 Å². The highest BCUT2D eigenvalue weighted by Crippen LogP contribution is 2.33. The summed E-state index contributed by atoms with van der Waals surface area (Å²) >= 11 is 0. The monoisotopic (exact) mass is 237 g/mol. The predicted molar refractivity (Wildman–Crippen MR) is 63.6 cm³/mol. The number of hydrogen-bond acceptors (Lipinski definition) is 2. The Labute approximate surface area is 99.9 Å². The summed E-state index contributed by atoms with van der Waals surface area (Å²) in [4.78, 5) is 13.0. The molecule has 92 valence electrons. The Balaban J connectivity index is 2.10. The van der Waals surface area contributed by atoms with Gasteiger partial charge in [-0.05, 0) is 31.9 Å². The van der Waals surface area contributed by atoms with Gasteiger partial charge in [0.25, 0.3) is 0 Å². The Bertz CT molecular complexity index is 425. The fourth-order valence-electron chi connectivity index (χ4n) is 2.16. The van der Waals surface area contributed by atoms with Crippen molar-refractivity contribution >= 4 is 11.7 Å². The summed E-state index contributed by atoms with van der Waals surface area (Å²) in [6, 6.07) is 6.62. The van der Waals surface area contributed by atoms with Crippen LogP contribution in [0.4, 0.5) is 10.1 Å². The summed E-state index contributed by atoms with van der Waals surface area (Å²) in [5.74, 6) is -1.00. The Morgan fingerprint density at radius 3 is 2.47 bits per heavy atom. The number of carboxylic acids is 1. The summed E-state index contributed by atoms with van der Waals surface area (Å²) in [5, 5.41) is 9.12. The zero-order valence-corrected chi connectivity index (χ0v) is 9.82. The van der Waals surface area contributed by atoms with Crippen molar-refractivity contribution in [2.45, 2.75) is 19.8 Å². The molecule has 3 nitrogen and oxygen atoms in total. The average molecular weight is 237 g/mol. The van der Waals surface area contributed by atoms with E-state index in [0.717, 1.165) is 0 Å². The van der Waals surface area contributed by atoms with Crippen LogP contribution in [0, 0.1) is 11.2 Å². The molecule has 1 aliphatic rings. The molecule has 0 bridgehead atoms. The van der Waals surface area contributed by atoms with Gasteiger partial charge in [0.05, 0.1) is 11.1 Å². The van der Waals surface area contributed by atoms with Crippen LogP contribution in [0.1, 0.15) is 19.8 Å². The van der Waals surface area contributed by atoms with Gasteiger partial charge < -0.3 is 10.0 Å². The molecule has 1 saturated heterocycles. The van der Waals surface area contributed by atoms with Gasteiger partial charge in [-0.15, -0.1) is 0 Å².